The first kappa shape index (κ1) is 25.2. The van der Waals surface area contributed by atoms with Gasteiger partial charge < -0.3 is 0 Å². The van der Waals surface area contributed by atoms with E-state index >= 15 is 0 Å². The summed E-state index contributed by atoms with van der Waals surface area (Å²) >= 11 is 0. The number of imide groups is 2. The molecule has 3 aromatic carbocycles. The molecule has 0 radical (unpaired) electrons. The third kappa shape index (κ3) is 3.32. The maximum Gasteiger partial charge on any atom is 0.238 e. The summed E-state index contributed by atoms with van der Waals surface area (Å²) in [6.45, 7) is 3.95. The molecule has 0 unspecified atom stereocenters. The van der Waals surface area contributed by atoms with Crippen LogP contribution in [-0.2, 0) is 19.2 Å². The topological polar surface area (TPSA) is 74.8 Å². The summed E-state index contributed by atoms with van der Waals surface area (Å²) in [7, 11) is 0. The molecule has 3 fully saturated rings. The van der Waals surface area contributed by atoms with E-state index < -0.39 is 23.7 Å². The van der Waals surface area contributed by atoms with E-state index in [2.05, 4.69) is 12.2 Å². The third-order valence-electron chi connectivity index (χ3n) is 10.2. The van der Waals surface area contributed by atoms with Crippen LogP contribution in [0, 0.1) is 55.3 Å². The Kier molecular flexibility index (Phi) is 5.37. The number of carbonyl (C=O) groups excluding carboxylic acids is 4. The molecule has 0 aromatic heterocycles. The van der Waals surface area contributed by atoms with Gasteiger partial charge in [-0.05, 0) is 61.6 Å². The van der Waals surface area contributed by atoms with Gasteiger partial charge in [0.1, 0.15) is 0 Å². The number of rotatable bonds is 3. The summed E-state index contributed by atoms with van der Waals surface area (Å²) in [5.41, 5.74) is 6.38. The minimum Gasteiger partial charge on any atom is -0.274 e. The maximum atomic E-state index is 14.3. The fourth-order valence-electron chi connectivity index (χ4n) is 8.41. The largest absolute Gasteiger partial charge is 0.274 e. The second kappa shape index (κ2) is 8.96. The van der Waals surface area contributed by atoms with Crippen molar-refractivity contribution >= 4 is 40.6 Å². The van der Waals surface area contributed by atoms with Gasteiger partial charge in [-0.3, -0.25) is 29.0 Å². The Hall–Kier alpha value is -4.58. The van der Waals surface area contributed by atoms with E-state index in [-0.39, 0.29) is 41.4 Å². The average Bonchev–Trinajstić information content (AvgIpc) is 3.43. The predicted molar refractivity (Wildman–Crippen MR) is 159 cm³/mol. The van der Waals surface area contributed by atoms with Crippen LogP contribution < -0.4 is 9.80 Å². The Morgan fingerprint density at radius 3 is 1.74 bits per heavy atom. The molecule has 42 heavy (non-hydrogen) atoms. The quantitative estimate of drug-likeness (QED) is 0.316. The number of anilines is 2. The summed E-state index contributed by atoms with van der Waals surface area (Å²) in [6.07, 6.45) is 4.58. The van der Waals surface area contributed by atoms with Gasteiger partial charge >= 0.3 is 0 Å². The molecule has 6 nitrogen and oxygen atoms in total. The number of benzene rings is 3. The number of amides is 4. The Bertz CT molecular complexity index is 1740. The average molecular weight is 555 g/mol. The zero-order valence-corrected chi connectivity index (χ0v) is 23.4. The van der Waals surface area contributed by atoms with Crippen molar-refractivity contribution in [3.05, 3.63) is 113 Å². The van der Waals surface area contributed by atoms with Crippen LogP contribution in [0.5, 0.6) is 0 Å². The van der Waals surface area contributed by atoms with Gasteiger partial charge in [-0.1, -0.05) is 83.4 Å². The molecule has 3 aromatic rings. The summed E-state index contributed by atoms with van der Waals surface area (Å²) in [6, 6.07) is 25.0. The van der Waals surface area contributed by atoms with Crippen molar-refractivity contribution in [3.63, 3.8) is 0 Å². The van der Waals surface area contributed by atoms with Crippen LogP contribution in [0.3, 0.4) is 0 Å². The standard InChI is InChI=1S/C36H30N2O4/c1-19-8-12-22(13-9-19)37-33(39)27-18-26(21-6-4-3-5-7-21)28-24-16-17-25(29(28)32(27)36(37)42)31-30(24)34(40)38(35(31)41)23-14-10-20(2)11-15-23/h3-17,24-25,27,29-32H,18H2,1-2H3/t24-,25-,27+,29+,30-,31+,32-/m1/s1. The van der Waals surface area contributed by atoms with E-state index in [0.29, 0.717) is 17.8 Å². The zero-order valence-electron chi connectivity index (χ0n) is 23.4. The molecule has 2 aliphatic heterocycles. The van der Waals surface area contributed by atoms with E-state index in [1.54, 1.807) is 0 Å². The van der Waals surface area contributed by atoms with Gasteiger partial charge in [0.25, 0.3) is 0 Å². The molecule has 6 heteroatoms. The lowest BCUT2D eigenvalue weighted by molar-refractivity contribution is -0.129. The Morgan fingerprint density at radius 2 is 1.12 bits per heavy atom. The number of hydrogen-bond donors (Lipinski definition) is 0. The molecule has 2 heterocycles. The Morgan fingerprint density at radius 1 is 0.571 bits per heavy atom. The van der Waals surface area contributed by atoms with Crippen molar-refractivity contribution in [3.8, 4) is 0 Å². The number of fused-ring (bicyclic) bond motifs is 1. The molecule has 6 aliphatic rings. The second-order valence-corrected chi connectivity index (χ2v) is 12.4. The molecular weight excluding hydrogens is 524 g/mol. The molecule has 0 spiro atoms. The number of allylic oxidation sites excluding steroid dienone is 4. The minimum atomic E-state index is -0.573. The van der Waals surface area contributed by atoms with Gasteiger partial charge in [-0.15, -0.1) is 0 Å². The summed E-state index contributed by atoms with van der Waals surface area (Å²) < 4.78 is 0. The van der Waals surface area contributed by atoms with Crippen LogP contribution in [0.25, 0.3) is 5.57 Å². The van der Waals surface area contributed by atoms with Crippen molar-refractivity contribution in [2.24, 2.45) is 41.4 Å². The van der Waals surface area contributed by atoms with Crippen LogP contribution in [0.15, 0.2) is 96.6 Å². The van der Waals surface area contributed by atoms with Gasteiger partial charge in [0.2, 0.25) is 23.6 Å². The van der Waals surface area contributed by atoms with E-state index in [1.165, 1.54) is 9.80 Å². The lowest BCUT2D eigenvalue weighted by atomic mass is 9.49. The van der Waals surface area contributed by atoms with Crippen molar-refractivity contribution in [1.29, 1.82) is 0 Å². The molecule has 4 aliphatic carbocycles. The summed E-state index contributed by atoms with van der Waals surface area (Å²) in [5, 5.41) is 0. The number of nitrogens with zero attached hydrogens (tertiary/aromatic N) is 2. The van der Waals surface area contributed by atoms with Crippen molar-refractivity contribution in [2.45, 2.75) is 20.3 Å². The molecule has 7 atom stereocenters. The van der Waals surface area contributed by atoms with E-state index in [4.69, 9.17) is 0 Å². The highest BCUT2D eigenvalue weighted by Gasteiger charge is 2.67. The van der Waals surface area contributed by atoms with Crippen molar-refractivity contribution in [2.75, 3.05) is 9.80 Å². The molecule has 4 amide bonds. The van der Waals surface area contributed by atoms with Crippen molar-refractivity contribution < 1.29 is 19.2 Å². The number of aryl methyl sites for hydroxylation is 2. The third-order valence-corrected chi connectivity index (χ3v) is 10.2. The lowest BCUT2D eigenvalue weighted by Gasteiger charge is -2.51. The molecule has 9 rings (SSSR count). The van der Waals surface area contributed by atoms with Crippen molar-refractivity contribution in [1.82, 2.24) is 0 Å². The fraction of sp³-hybridized carbons (Fsp3) is 0.278. The summed E-state index contributed by atoms with van der Waals surface area (Å²) in [4.78, 5) is 59.2. The number of hydrogen-bond acceptors (Lipinski definition) is 4. The first-order valence-electron chi connectivity index (χ1n) is 14.7. The van der Waals surface area contributed by atoms with Gasteiger partial charge in [0, 0.05) is 11.8 Å². The van der Waals surface area contributed by atoms with E-state index in [0.717, 1.165) is 27.8 Å². The van der Waals surface area contributed by atoms with Crippen LogP contribution in [-0.4, -0.2) is 23.6 Å². The van der Waals surface area contributed by atoms with Gasteiger partial charge in [-0.25, -0.2) is 0 Å². The van der Waals surface area contributed by atoms with Crippen LogP contribution in [0.2, 0.25) is 0 Å². The molecule has 1 saturated carbocycles. The van der Waals surface area contributed by atoms with Crippen LogP contribution in [0.1, 0.15) is 23.1 Å². The predicted octanol–water partition coefficient (Wildman–Crippen LogP) is 5.50. The normalized spacial score (nSPS) is 31.1. The highest BCUT2D eigenvalue weighted by atomic mass is 16.2. The van der Waals surface area contributed by atoms with Gasteiger partial charge in [0.05, 0.1) is 35.0 Å². The smallest absolute Gasteiger partial charge is 0.238 e. The minimum absolute atomic E-state index is 0.177. The first-order chi connectivity index (χ1) is 20.3. The number of carbonyl (C=O) groups is 4. The molecular formula is C36H30N2O4. The van der Waals surface area contributed by atoms with Crippen LogP contribution in [0.4, 0.5) is 11.4 Å². The SMILES string of the molecule is Cc1ccc(N2C(=O)[C@H]3[C@@H]4C=C[C@H](C5=C(c6ccccc6)C[C@@H]6C(=O)N(c7ccc(C)cc7)C(=O)[C@H]6[C@H]54)[C@H]3C2=O)cc1. The van der Waals surface area contributed by atoms with Gasteiger partial charge in [-0.2, -0.15) is 0 Å². The molecule has 2 saturated heterocycles. The highest BCUT2D eigenvalue weighted by molar-refractivity contribution is 6.24. The molecule has 2 bridgehead atoms. The van der Waals surface area contributed by atoms with Gasteiger partial charge in [0.15, 0.2) is 0 Å². The van der Waals surface area contributed by atoms with E-state index in [9.17, 15) is 19.2 Å². The monoisotopic (exact) mass is 554 g/mol. The Labute approximate surface area is 244 Å². The maximum absolute atomic E-state index is 14.3. The fourth-order valence-corrected chi connectivity index (χ4v) is 8.41. The van der Waals surface area contributed by atoms with E-state index in [1.807, 2.05) is 92.7 Å². The Balaban J connectivity index is 1.28. The molecule has 0 N–H and O–H groups in total. The second-order valence-electron chi connectivity index (χ2n) is 12.4. The summed E-state index contributed by atoms with van der Waals surface area (Å²) in [5.74, 6) is -3.90. The molecule has 208 valence electrons. The van der Waals surface area contributed by atoms with Crippen LogP contribution >= 0.6 is 0 Å². The zero-order chi connectivity index (χ0) is 28.9. The first-order valence-corrected chi connectivity index (χ1v) is 14.7. The highest BCUT2D eigenvalue weighted by Crippen LogP contribution is 2.63. The lowest BCUT2D eigenvalue weighted by Crippen LogP contribution is -2.51.